The molecule has 0 aliphatic heterocycles. The molecule has 0 aliphatic rings. The molecule has 7 nitrogen and oxygen atoms in total. The first-order chi connectivity index (χ1) is 8.72. The van der Waals surface area contributed by atoms with Gasteiger partial charge in [-0.15, -0.1) is 0 Å². The molecule has 0 spiro atoms. The maximum absolute atomic E-state index is 11.8. The van der Waals surface area contributed by atoms with Gasteiger partial charge in [0.2, 0.25) is 5.91 Å². The highest BCUT2D eigenvalue weighted by molar-refractivity contribution is 7.93. The zero-order valence-electron chi connectivity index (χ0n) is 11.4. The van der Waals surface area contributed by atoms with Crippen molar-refractivity contribution in [3.8, 4) is 0 Å². The second-order valence-electron chi connectivity index (χ2n) is 4.51. The van der Waals surface area contributed by atoms with Crippen LogP contribution in [0.4, 0.5) is 0 Å². The largest absolute Gasteiger partial charge is 0.480 e. The molecule has 19 heavy (non-hydrogen) atoms. The summed E-state index contributed by atoms with van der Waals surface area (Å²) in [7, 11) is -2.49. The Morgan fingerprint density at radius 2 is 1.89 bits per heavy atom. The fourth-order valence-electron chi connectivity index (χ4n) is 1.62. The lowest BCUT2D eigenvalue weighted by molar-refractivity contribution is -0.137. The molecule has 0 radical (unpaired) electrons. The number of methoxy groups -OCH3 is 1. The van der Waals surface area contributed by atoms with Gasteiger partial charge in [0, 0.05) is 20.3 Å². The van der Waals surface area contributed by atoms with Crippen LogP contribution in [0.15, 0.2) is 0 Å². The van der Waals surface area contributed by atoms with Crippen LogP contribution in [0.5, 0.6) is 0 Å². The smallest absolute Gasteiger partial charge is 0.322 e. The zero-order chi connectivity index (χ0) is 15.1. The standard InChI is InChI=1S/C11H21NO6S/c1-8(2)10(11(14)15)19(16,17)7-9(13)12-5-4-6-18-3/h8,10H,4-7H2,1-3H3,(H,12,13)(H,14,15). The molecule has 0 saturated heterocycles. The van der Waals surface area contributed by atoms with Crippen LogP contribution in [0.25, 0.3) is 0 Å². The van der Waals surface area contributed by atoms with E-state index >= 15 is 0 Å². The highest BCUT2D eigenvalue weighted by atomic mass is 32.2. The van der Waals surface area contributed by atoms with E-state index in [9.17, 15) is 18.0 Å². The average molecular weight is 295 g/mol. The van der Waals surface area contributed by atoms with Crippen molar-refractivity contribution in [2.24, 2.45) is 5.92 Å². The molecule has 8 heteroatoms. The number of aliphatic carboxylic acids is 1. The third kappa shape index (κ3) is 6.53. The number of carboxylic acids is 1. The van der Waals surface area contributed by atoms with Gasteiger partial charge in [0.15, 0.2) is 15.1 Å². The van der Waals surface area contributed by atoms with Gasteiger partial charge in [0.1, 0.15) is 5.75 Å². The summed E-state index contributed by atoms with van der Waals surface area (Å²) in [5, 5.41) is 9.77. The summed E-state index contributed by atoms with van der Waals surface area (Å²) in [6, 6.07) is 0. The second kappa shape index (κ2) is 8.11. The molecule has 1 atom stereocenters. The molecule has 2 N–H and O–H groups in total. The molecule has 1 amide bonds. The Kier molecular flexibility index (Phi) is 7.62. The average Bonchev–Trinajstić information content (AvgIpc) is 2.21. The lowest BCUT2D eigenvalue weighted by Crippen LogP contribution is -2.41. The van der Waals surface area contributed by atoms with Crippen molar-refractivity contribution in [2.75, 3.05) is 26.0 Å². The van der Waals surface area contributed by atoms with Gasteiger partial charge < -0.3 is 15.2 Å². The predicted octanol–water partition coefficient (Wildman–Crippen LogP) is -0.337. The molecular formula is C11H21NO6S. The summed E-state index contributed by atoms with van der Waals surface area (Å²) in [6.45, 7) is 3.73. The van der Waals surface area contributed by atoms with E-state index in [1.54, 1.807) is 0 Å². The minimum Gasteiger partial charge on any atom is -0.480 e. The zero-order valence-corrected chi connectivity index (χ0v) is 12.2. The normalized spacial score (nSPS) is 13.3. The number of nitrogens with one attached hydrogen (secondary N) is 1. The lowest BCUT2D eigenvalue weighted by Gasteiger charge is -2.16. The fourth-order valence-corrected chi connectivity index (χ4v) is 3.40. The number of amides is 1. The molecule has 0 rings (SSSR count). The summed E-state index contributed by atoms with van der Waals surface area (Å²) in [5.74, 6) is -3.52. The topological polar surface area (TPSA) is 110 Å². The third-order valence-corrected chi connectivity index (χ3v) is 4.60. The Balaban J connectivity index is 4.50. The first kappa shape index (κ1) is 17.8. The molecule has 0 aromatic rings. The van der Waals surface area contributed by atoms with Gasteiger partial charge in [-0.25, -0.2) is 8.42 Å². The van der Waals surface area contributed by atoms with E-state index in [2.05, 4.69) is 5.32 Å². The Labute approximate surface area is 113 Å². The summed E-state index contributed by atoms with van der Waals surface area (Å²) in [6.07, 6.45) is 0.564. The third-order valence-electron chi connectivity index (χ3n) is 2.42. The van der Waals surface area contributed by atoms with Gasteiger partial charge in [0.05, 0.1) is 0 Å². The number of sulfone groups is 1. The van der Waals surface area contributed by atoms with Crippen molar-refractivity contribution in [2.45, 2.75) is 25.5 Å². The second-order valence-corrected chi connectivity index (χ2v) is 6.63. The van der Waals surface area contributed by atoms with Crippen LogP contribution >= 0.6 is 0 Å². The molecular weight excluding hydrogens is 274 g/mol. The number of carbonyl (C=O) groups excluding carboxylic acids is 1. The van der Waals surface area contributed by atoms with Crippen molar-refractivity contribution >= 4 is 21.7 Å². The van der Waals surface area contributed by atoms with E-state index in [4.69, 9.17) is 9.84 Å². The molecule has 0 heterocycles. The number of hydrogen-bond donors (Lipinski definition) is 2. The van der Waals surface area contributed by atoms with E-state index in [1.807, 2.05) is 0 Å². The van der Waals surface area contributed by atoms with Crippen molar-refractivity contribution in [1.29, 1.82) is 0 Å². The van der Waals surface area contributed by atoms with Crippen molar-refractivity contribution in [1.82, 2.24) is 5.32 Å². The number of hydrogen-bond acceptors (Lipinski definition) is 5. The summed E-state index contributed by atoms with van der Waals surface area (Å²) >= 11 is 0. The fraction of sp³-hybridized carbons (Fsp3) is 0.818. The molecule has 112 valence electrons. The quantitative estimate of drug-likeness (QED) is 0.563. The Hall–Kier alpha value is -1.15. The van der Waals surface area contributed by atoms with E-state index in [-0.39, 0.29) is 0 Å². The first-order valence-corrected chi connectivity index (χ1v) is 7.64. The maximum Gasteiger partial charge on any atom is 0.322 e. The highest BCUT2D eigenvalue weighted by Crippen LogP contribution is 2.13. The van der Waals surface area contributed by atoms with Crippen LogP contribution in [0, 0.1) is 5.92 Å². The van der Waals surface area contributed by atoms with E-state index in [1.165, 1.54) is 21.0 Å². The first-order valence-electron chi connectivity index (χ1n) is 5.92. The van der Waals surface area contributed by atoms with Gasteiger partial charge >= 0.3 is 5.97 Å². The van der Waals surface area contributed by atoms with Gasteiger partial charge in [-0.1, -0.05) is 13.8 Å². The number of carbonyl (C=O) groups is 2. The summed E-state index contributed by atoms with van der Waals surface area (Å²) < 4.78 is 28.5. The van der Waals surface area contributed by atoms with Crippen LogP contribution in [-0.2, 0) is 24.2 Å². The van der Waals surface area contributed by atoms with E-state index in [0.29, 0.717) is 19.6 Å². The Morgan fingerprint density at radius 3 is 2.32 bits per heavy atom. The van der Waals surface area contributed by atoms with Crippen LogP contribution < -0.4 is 5.32 Å². The van der Waals surface area contributed by atoms with Crippen LogP contribution in [0.1, 0.15) is 20.3 Å². The maximum atomic E-state index is 11.8. The van der Waals surface area contributed by atoms with Crippen molar-refractivity contribution < 1.29 is 27.9 Å². The minimum atomic E-state index is -4.01. The van der Waals surface area contributed by atoms with E-state index < -0.39 is 38.6 Å². The summed E-state index contributed by atoms with van der Waals surface area (Å²) in [5.41, 5.74) is 0. The minimum absolute atomic E-state index is 0.293. The van der Waals surface area contributed by atoms with E-state index in [0.717, 1.165) is 0 Å². The number of ether oxygens (including phenoxy) is 1. The predicted molar refractivity (Wildman–Crippen MR) is 69.6 cm³/mol. The Bertz CT molecular complexity index is 403. The number of rotatable bonds is 9. The molecule has 0 aliphatic carbocycles. The SMILES string of the molecule is COCCCNC(=O)CS(=O)(=O)C(C(=O)O)C(C)C. The molecule has 1 unspecified atom stereocenters. The summed E-state index contributed by atoms with van der Waals surface area (Å²) in [4.78, 5) is 22.4. The molecule has 0 bridgehead atoms. The molecule has 0 fully saturated rings. The van der Waals surface area contributed by atoms with Crippen LogP contribution in [0.3, 0.4) is 0 Å². The van der Waals surface area contributed by atoms with Gasteiger partial charge in [-0.2, -0.15) is 0 Å². The van der Waals surface area contributed by atoms with Crippen LogP contribution in [0.2, 0.25) is 0 Å². The van der Waals surface area contributed by atoms with Crippen LogP contribution in [-0.4, -0.2) is 56.7 Å². The van der Waals surface area contributed by atoms with Gasteiger partial charge in [-0.05, 0) is 12.3 Å². The molecule has 0 aromatic carbocycles. The molecule has 0 aromatic heterocycles. The highest BCUT2D eigenvalue weighted by Gasteiger charge is 2.36. The molecule has 0 saturated carbocycles. The van der Waals surface area contributed by atoms with Crippen molar-refractivity contribution in [3.63, 3.8) is 0 Å². The lowest BCUT2D eigenvalue weighted by atomic mass is 10.1. The van der Waals surface area contributed by atoms with Crippen molar-refractivity contribution in [3.05, 3.63) is 0 Å². The van der Waals surface area contributed by atoms with Gasteiger partial charge in [0.25, 0.3) is 0 Å². The monoisotopic (exact) mass is 295 g/mol. The number of carboxylic acid groups (broad SMARTS) is 1. The van der Waals surface area contributed by atoms with Gasteiger partial charge in [-0.3, -0.25) is 9.59 Å². The Morgan fingerprint density at radius 1 is 1.32 bits per heavy atom.